The van der Waals surface area contributed by atoms with E-state index in [4.69, 9.17) is 0 Å². The van der Waals surface area contributed by atoms with Crippen molar-refractivity contribution in [3.63, 3.8) is 0 Å². The zero-order valence-electron chi connectivity index (χ0n) is 18.9. The number of carbonyl (C=O) groups excluding carboxylic acids is 2. The average molecular weight is 453 g/mol. The van der Waals surface area contributed by atoms with Crippen LogP contribution in [0.15, 0.2) is 84.9 Å². The van der Waals surface area contributed by atoms with Crippen LogP contribution < -0.4 is 21.3 Å². The van der Waals surface area contributed by atoms with Crippen molar-refractivity contribution in [1.29, 1.82) is 0 Å². The summed E-state index contributed by atoms with van der Waals surface area (Å²) in [6, 6.07) is 26.8. The van der Waals surface area contributed by atoms with Crippen LogP contribution in [0.2, 0.25) is 0 Å². The van der Waals surface area contributed by atoms with Gasteiger partial charge in [0.2, 0.25) is 0 Å². The molecule has 172 valence electrons. The van der Waals surface area contributed by atoms with Crippen LogP contribution in [0.1, 0.15) is 25.7 Å². The first-order valence-electron chi connectivity index (χ1n) is 11.8. The van der Waals surface area contributed by atoms with E-state index in [0.29, 0.717) is 0 Å². The third-order valence-corrected chi connectivity index (χ3v) is 6.47. The quantitative estimate of drug-likeness (QED) is 0.295. The zero-order chi connectivity index (χ0) is 23.3. The molecule has 2 atom stereocenters. The Balaban J connectivity index is 1.24. The van der Waals surface area contributed by atoms with Crippen molar-refractivity contribution in [3.05, 3.63) is 84.9 Å². The maximum Gasteiger partial charge on any atom is 0.319 e. The topological polar surface area (TPSA) is 82.3 Å². The third-order valence-electron chi connectivity index (χ3n) is 6.47. The Bertz CT molecular complexity index is 1220. The van der Waals surface area contributed by atoms with Gasteiger partial charge < -0.3 is 21.3 Å². The van der Waals surface area contributed by atoms with Gasteiger partial charge in [-0.1, -0.05) is 85.6 Å². The summed E-state index contributed by atoms with van der Waals surface area (Å²) in [6.07, 6.45) is 3.68. The van der Waals surface area contributed by atoms with Crippen LogP contribution in [0, 0.1) is 0 Å². The number of benzene rings is 4. The second kappa shape index (κ2) is 9.83. The minimum absolute atomic E-state index is 0.137. The first-order chi connectivity index (χ1) is 16.7. The molecular formula is C28H28N4O2. The molecule has 4 aromatic rings. The van der Waals surface area contributed by atoms with E-state index in [-0.39, 0.29) is 24.1 Å². The number of nitrogens with one attached hydrogen (secondary N) is 4. The number of amides is 4. The Labute approximate surface area is 198 Å². The summed E-state index contributed by atoms with van der Waals surface area (Å²) in [5.41, 5.74) is 1.54. The lowest BCUT2D eigenvalue weighted by atomic mass is 9.90. The summed E-state index contributed by atoms with van der Waals surface area (Å²) in [5.74, 6) is 0. The standard InChI is InChI=1S/C28H28N4O2/c33-27(29-23-17-7-11-19-9-1-3-13-21(19)23)31-25-15-5-6-16-26(25)32-28(34)30-24-18-8-12-20-10-2-4-14-22(20)24/h1-4,7-14,17-18,25-26H,5-6,15-16H2,(H2,29,31,33)(H2,30,32,34). The lowest BCUT2D eigenvalue weighted by molar-refractivity contribution is 0.225. The molecular weight excluding hydrogens is 424 g/mol. The van der Waals surface area contributed by atoms with Gasteiger partial charge in [-0.15, -0.1) is 0 Å². The lowest BCUT2D eigenvalue weighted by Gasteiger charge is -2.32. The summed E-state index contributed by atoms with van der Waals surface area (Å²) < 4.78 is 0. The molecule has 0 saturated heterocycles. The van der Waals surface area contributed by atoms with Crippen LogP contribution in [0.4, 0.5) is 21.0 Å². The first-order valence-corrected chi connectivity index (χ1v) is 11.8. The fraction of sp³-hybridized carbons (Fsp3) is 0.214. The minimum atomic E-state index is -0.260. The molecule has 1 saturated carbocycles. The monoisotopic (exact) mass is 452 g/mol. The SMILES string of the molecule is O=C(Nc1cccc2ccccc12)NC1CCCCC1NC(=O)Nc1cccc2ccccc12. The van der Waals surface area contributed by atoms with Crippen molar-refractivity contribution in [1.82, 2.24) is 10.6 Å². The van der Waals surface area contributed by atoms with Crippen molar-refractivity contribution in [3.8, 4) is 0 Å². The average Bonchev–Trinajstić information content (AvgIpc) is 2.86. The van der Waals surface area contributed by atoms with E-state index in [1.54, 1.807) is 0 Å². The number of fused-ring (bicyclic) bond motifs is 2. The molecule has 0 aliphatic heterocycles. The first kappa shape index (κ1) is 21.8. The van der Waals surface area contributed by atoms with E-state index in [1.807, 2.05) is 84.9 Å². The largest absolute Gasteiger partial charge is 0.333 e. The molecule has 34 heavy (non-hydrogen) atoms. The minimum Gasteiger partial charge on any atom is -0.333 e. The van der Waals surface area contributed by atoms with Gasteiger partial charge in [0.15, 0.2) is 0 Å². The van der Waals surface area contributed by atoms with Gasteiger partial charge in [0.1, 0.15) is 0 Å². The van der Waals surface area contributed by atoms with Crippen molar-refractivity contribution in [2.24, 2.45) is 0 Å². The van der Waals surface area contributed by atoms with E-state index in [0.717, 1.165) is 58.6 Å². The highest BCUT2D eigenvalue weighted by Crippen LogP contribution is 2.25. The van der Waals surface area contributed by atoms with Gasteiger partial charge in [0.05, 0.1) is 23.5 Å². The van der Waals surface area contributed by atoms with E-state index in [2.05, 4.69) is 21.3 Å². The molecule has 6 heteroatoms. The molecule has 0 bridgehead atoms. The molecule has 0 heterocycles. The van der Waals surface area contributed by atoms with Crippen LogP contribution in [-0.4, -0.2) is 24.1 Å². The number of urea groups is 2. The van der Waals surface area contributed by atoms with Gasteiger partial charge in [0.25, 0.3) is 0 Å². The highest BCUT2D eigenvalue weighted by Gasteiger charge is 2.28. The molecule has 0 radical (unpaired) electrons. The van der Waals surface area contributed by atoms with Gasteiger partial charge in [-0.3, -0.25) is 0 Å². The normalized spacial score (nSPS) is 17.8. The molecule has 4 amide bonds. The Hall–Kier alpha value is -4.06. The predicted molar refractivity (Wildman–Crippen MR) is 138 cm³/mol. The van der Waals surface area contributed by atoms with Crippen LogP contribution in [-0.2, 0) is 0 Å². The van der Waals surface area contributed by atoms with E-state index < -0.39 is 0 Å². The van der Waals surface area contributed by atoms with Gasteiger partial charge in [-0.25, -0.2) is 9.59 Å². The Morgan fingerprint density at radius 2 is 0.971 bits per heavy atom. The zero-order valence-corrected chi connectivity index (χ0v) is 18.9. The molecule has 1 aliphatic rings. The van der Waals surface area contributed by atoms with Gasteiger partial charge >= 0.3 is 12.1 Å². The second-order valence-corrected chi connectivity index (χ2v) is 8.75. The van der Waals surface area contributed by atoms with Crippen molar-refractivity contribution >= 4 is 45.0 Å². The number of carbonyl (C=O) groups is 2. The van der Waals surface area contributed by atoms with Crippen molar-refractivity contribution in [2.75, 3.05) is 10.6 Å². The molecule has 6 nitrogen and oxygen atoms in total. The molecule has 0 aromatic heterocycles. The van der Waals surface area contributed by atoms with Crippen LogP contribution in [0.3, 0.4) is 0 Å². The second-order valence-electron chi connectivity index (χ2n) is 8.75. The van der Waals surface area contributed by atoms with Crippen LogP contribution in [0.25, 0.3) is 21.5 Å². The predicted octanol–water partition coefficient (Wildman–Crippen LogP) is 6.25. The maximum atomic E-state index is 12.8. The van der Waals surface area contributed by atoms with Crippen molar-refractivity contribution < 1.29 is 9.59 Å². The molecule has 0 spiro atoms. The van der Waals surface area contributed by atoms with Gasteiger partial charge in [0, 0.05) is 10.8 Å². The Morgan fingerprint density at radius 1 is 0.559 bits per heavy atom. The van der Waals surface area contributed by atoms with Crippen molar-refractivity contribution in [2.45, 2.75) is 37.8 Å². The maximum absolute atomic E-state index is 12.8. The summed E-state index contributed by atoms with van der Waals surface area (Å²) >= 11 is 0. The third kappa shape index (κ3) is 4.81. The highest BCUT2D eigenvalue weighted by molar-refractivity contribution is 6.02. The number of rotatable bonds is 4. The van der Waals surface area contributed by atoms with E-state index in [1.165, 1.54) is 0 Å². The summed E-state index contributed by atoms with van der Waals surface area (Å²) in [5, 5.41) is 16.3. The number of hydrogen-bond donors (Lipinski definition) is 4. The summed E-state index contributed by atoms with van der Waals surface area (Å²) in [7, 11) is 0. The fourth-order valence-electron chi connectivity index (χ4n) is 4.80. The summed E-state index contributed by atoms with van der Waals surface area (Å²) in [4.78, 5) is 25.7. The smallest absolute Gasteiger partial charge is 0.319 e. The lowest BCUT2D eigenvalue weighted by Crippen LogP contribution is -2.54. The Morgan fingerprint density at radius 3 is 1.44 bits per heavy atom. The summed E-state index contributed by atoms with van der Waals surface area (Å²) in [6.45, 7) is 0. The molecule has 4 N–H and O–H groups in total. The number of anilines is 2. The Kier molecular flexibility index (Phi) is 6.29. The molecule has 4 aromatic carbocycles. The van der Waals surface area contributed by atoms with Gasteiger partial charge in [-0.2, -0.15) is 0 Å². The number of hydrogen-bond acceptors (Lipinski definition) is 2. The fourth-order valence-corrected chi connectivity index (χ4v) is 4.80. The highest BCUT2D eigenvalue weighted by atomic mass is 16.2. The van der Waals surface area contributed by atoms with Crippen LogP contribution in [0.5, 0.6) is 0 Å². The van der Waals surface area contributed by atoms with E-state index in [9.17, 15) is 9.59 Å². The van der Waals surface area contributed by atoms with Gasteiger partial charge in [-0.05, 0) is 35.7 Å². The molecule has 1 fully saturated rings. The van der Waals surface area contributed by atoms with Crippen LogP contribution >= 0.6 is 0 Å². The van der Waals surface area contributed by atoms with E-state index >= 15 is 0 Å². The molecule has 2 unspecified atom stereocenters. The molecule has 5 rings (SSSR count). The molecule has 1 aliphatic carbocycles.